The molecule has 0 aliphatic heterocycles. The van der Waals surface area contributed by atoms with Crippen LogP contribution in [0, 0.1) is 6.92 Å². The highest BCUT2D eigenvalue weighted by molar-refractivity contribution is 7.10. The summed E-state index contributed by atoms with van der Waals surface area (Å²) in [5, 5.41) is 2.14. The van der Waals surface area contributed by atoms with Crippen LogP contribution in [0.1, 0.15) is 4.88 Å². The van der Waals surface area contributed by atoms with Crippen LogP contribution < -0.4 is 10.5 Å². The molecule has 0 unspecified atom stereocenters. The second-order valence-corrected chi connectivity index (χ2v) is 4.52. The highest BCUT2D eigenvalue weighted by Crippen LogP contribution is 2.30. The van der Waals surface area contributed by atoms with Gasteiger partial charge in [-0.2, -0.15) is 0 Å². The van der Waals surface area contributed by atoms with Gasteiger partial charge >= 0.3 is 0 Å². The topological polar surface area (TPSA) is 35.2 Å². The first-order chi connectivity index (χ1) is 7.20. The Balaban J connectivity index is 2.42. The molecule has 0 saturated carbocycles. The molecule has 0 amide bonds. The lowest BCUT2D eigenvalue weighted by Crippen LogP contribution is -1.92. The van der Waals surface area contributed by atoms with Gasteiger partial charge in [0.2, 0.25) is 0 Å². The molecule has 1 aromatic heterocycles. The smallest absolute Gasteiger partial charge is 0.141 e. The van der Waals surface area contributed by atoms with Crippen molar-refractivity contribution < 1.29 is 4.74 Å². The van der Waals surface area contributed by atoms with Gasteiger partial charge in [-0.15, -0.1) is 11.3 Å². The first-order valence-electron chi connectivity index (χ1n) is 4.69. The van der Waals surface area contributed by atoms with Crippen LogP contribution in [0.5, 0.6) is 5.75 Å². The van der Waals surface area contributed by atoms with E-state index in [9.17, 15) is 0 Å². The molecular formula is C12H13NOS. The van der Waals surface area contributed by atoms with Gasteiger partial charge in [-0.05, 0) is 41.6 Å². The summed E-state index contributed by atoms with van der Waals surface area (Å²) in [6, 6.07) is 8.03. The van der Waals surface area contributed by atoms with Gasteiger partial charge in [-0.25, -0.2) is 0 Å². The Morgan fingerprint density at radius 3 is 2.53 bits per heavy atom. The van der Waals surface area contributed by atoms with Gasteiger partial charge in [0, 0.05) is 4.88 Å². The van der Waals surface area contributed by atoms with Crippen LogP contribution in [0.15, 0.2) is 29.6 Å². The van der Waals surface area contributed by atoms with Gasteiger partial charge in [-0.1, -0.05) is 6.07 Å². The van der Waals surface area contributed by atoms with Crippen LogP contribution in [0.2, 0.25) is 0 Å². The summed E-state index contributed by atoms with van der Waals surface area (Å²) < 4.78 is 5.12. The minimum Gasteiger partial charge on any atom is -0.495 e. The average molecular weight is 219 g/mol. The Hall–Kier alpha value is -1.48. The molecule has 0 radical (unpaired) electrons. The molecule has 2 nitrogen and oxygen atoms in total. The van der Waals surface area contributed by atoms with Crippen LogP contribution in [0.4, 0.5) is 5.69 Å². The van der Waals surface area contributed by atoms with E-state index in [1.54, 1.807) is 18.4 Å². The molecule has 1 heterocycles. The van der Waals surface area contributed by atoms with Gasteiger partial charge in [0.25, 0.3) is 0 Å². The number of nitrogens with two attached hydrogens (primary N) is 1. The van der Waals surface area contributed by atoms with Crippen molar-refractivity contribution in [3.63, 3.8) is 0 Å². The third-order valence-electron chi connectivity index (χ3n) is 2.29. The Morgan fingerprint density at radius 2 is 2.00 bits per heavy atom. The monoisotopic (exact) mass is 219 g/mol. The van der Waals surface area contributed by atoms with Crippen molar-refractivity contribution in [2.75, 3.05) is 12.8 Å². The minimum absolute atomic E-state index is 0.679. The molecule has 0 bridgehead atoms. The lowest BCUT2D eigenvalue weighted by atomic mass is 10.1. The van der Waals surface area contributed by atoms with Crippen molar-refractivity contribution in [3.05, 3.63) is 34.5 Å². The predicted molar refractivity (Wildman–Crippen MR) is 65.5 cm³/mol. The molecular weight excluding hydrogens is 206 g/mol. The normalized spacial score (nSPS) is 10.3. The maximum Gasteiger partial charge on any atom is 0.141 e. The number of thiophene rings is 1. The number of benzene rings is 1. The number of aryl methyl sites for hydroxylation is 1. The molecule has 0 spiro atoms. The Kier molecular flexibility index (Phi) is 2.64. The quantitative estimate of drug-likeness (QED) is 0.786. The maximum atomic E-state index is 5.85. The zero-order valence-electron chi connectivity index (χ0n) is 8.78. The van der Waals surface area contributed by atoms with E-state index in [-0.39, 0.29) is 0 Å². The largest absolute Gasteiger partial charge is 0.495 e. The van der Waals surface area contributed by atoms with Crippen LogP contribution in [0.25, 0.3) is 11.1 Å². The summed E-state index contributed by atoms with van der Waals surface area (Å²) in [5.74, 6) is 0.728. The summed E-state index contributed by atoms with van der Waals surface area (Å²) >= 11 is 1.74. The number of hydrogen-bond donors (Lipinski definition) is 1. The second-order valence-electron chi connectivity index (χ2n) is 3.40. The molecule has 2 aromatic rings. The van der Waals surface area contributed by atoms with Crippen molar-refractivity contribution in [2.45, 2.75) is 6.92 Å². The summed E-state index contributed by atoms with van der Waals surface area (Å²) in [5.41, 5.74) is 8.89. The summed E-state index contributed by atoms with van der Waals surface area (Å²) in [4.78, 5) is 1.30. The SMILES string of the molecule is COc1ccc(-c2csc(C)c2)cc1N. The zero-order chi connectivity index (χ0) is 10.8. The molecule has 0 aliphatic carbocycles. The fourth-order valence-corrected chi connectivity index (χ4v) is 2.22. The first-order valence-corrected chi connectivity index (χ1v) is 5.57. The van der Waals surface area contributed by atoms with Crippen molar-refractivity contribution in [1.29, 1.82) is 0 Å². The molecule has 0 atom stereocenters. The number of methoxy groups -OCH3 is 1. The van der Waals surface area contributed by atoms with Crippen molar-refractivity contribution in [1.82, 2.24) is 0 Å². The van der Waals surface area contributed by atoms with E-state index in [1.807, 2.05) is 18.2 Å². The number of ether oxygens (including phenoxy) is 1. The number of rotatable bonds is 2. The first kappa shape index (κ1) is 10.1. The molecule has 15 heavy (non-hydrogen) atoms. The lowest BCUT2D eigenvalue weighted by Gasteiger charge is -2.05. The van der Waals surface area contributed by atoms with E-state index < -0.39 is 0 Å². The second kappa shape index (κ2) is 3.95. The molecule has 0 fully saturated rings. The summed E-state index contributed by atoms with van der Waals surface area (Å²) in [6.07, 6.45) is 0. The highest BCUT2D eigenvalue weighted by atomic mass is 32.1. The van der Waals surface area contributed by atoms with Gasteiger partial charge in [-0.3, -0.25) is 0 Å². The van der Waals surface area contributed by atoms with Gasteiger partial charge in [0.1, 0.15) is 5.75 Å². The predicted octanol–water partition coefficient (Wildman–Crippen LogP) is 3.31. The van der Waals surface area contributed by atoms with Gasteiger partial charge in [0.15, 0.2) is 0 Å². The zero-order valence-corrected chi connectivity index (χ0v) is 9.60. The van der Waals surface area contributed by atoms with E-state index in [2.05, 4.69) is 18.4 Å². The molecule has 0 saturated heterocycles. The molecule has 2 rings (SSSR count). The number of anilines is 1. The molecule has 2 N–H and O–H groups in total. The summed E-state index contributed by atoms with van der Waals surface area (Å²) in [7, 11) is 1.63. The van der Waals surface area contributed by atoms with E-state index in [0.29, 0.717) is 5.69 Å². The molecule has 78 valence electrons. The maximum absolute atomic E-state index is 5.85. The lowest BCUT2D eigenvalue weighted by molar-refractivity contribution is 0.417. The molecule has 1 aromatic carbocycles. The van der Waals surface area contributed by atoms with Crippen LogP contribution >= 0.6 is 11.3 Å². The molecule has 3 heteroatoms. The highest BCUT2D eigenvalue weighted by Gasteiger charge is 2.03. The van der Waals surface area contributed by atoms with E-state index in [4.69, 9.17) is 10.5 Å². The van der Waals surface area contributed by atoms with E-state index >= 15 is 0 Å². The van der Waals surface area contributed by atoms with Crippen LogP contribution in [-0.2, 0) is 0 Å². The van der Waals surface area contributed by atoms with E-state index in [0.717, 1.165) is 11.3 Å². The average Bonchev–Trinajstić information content (AvgIpc) is 2.65. The molecule has 0 aliphatic rings. The Bertz CT molecular complexity index is 476. The standard InChI is InChI=1S/C12H13NOS/c1-8-5-10(7-15-8)9-3-4-12(14-2)11(13)6-9/h3-7H,13H2,1-2H3. The van der Waals surface area contributed by atoms with Crippen LogP contribution in [0.3, 0.4) is 0 Å². The van der Waals surface area contributed by atoms with Crippen molar-refractivity contribution in [2.24, 2.45) is 0 Å². The fraction of sp³-hybridized carbons (Fsp3) is 0.167. The Labute approximate surface area is 93.3 Å². The number of hydrogen-bond acceptors (Lipinski definition) is 3. The number of nitrogen functional groups attached to an aromatic ring is 1. The third-order valence-corrected chi connectivity index (χ3v) is 3.16. The third kappa shape index (κ3) is 1.97. The van der Waals surface area contributed by atoms with Crippen molar-refractivity contribution >= 4 is 17.0 Å². The fourth-order valence-electron chi connectivity index (χ4n) is 1.51. The van der Waals surface area contributed by atoms with Gasteiger partial charge in [0.05, 0.1) is 12.8 Å². The summed E-state index contributed by atoms with van der Waals surface area (Å²) in [6.45, 7) is 2.10. The van der Waals surface area contributed by atoms with Crippen LogP contribution in [-0.4, -0.2) is 7.11 Å². The van der Waals surface area contributed by atoms with E-state index in [1.165, 1.54) is 10.4 Å². The Morgan fingerprint density at radius 1 is 1.20 bits per heavy atom. The van der Waals surface area contributed by atoms with Crippen molar-refractivity contribution in [3.8, 4) is 16.9 Å². The minimum atomic E-state index is 0.679. The van der Waals surface area contributed by atoms with Gasteiger partial charge < -0.3 is 10.5 Å².